The summed E-state index contributed by atoms with van der Waals surface area (Å²) in [5, 5.41) is 0. The molecule has 0 aliphatic rings. The molecule has 0 amide bonds. The largest absolute Gasteiger partial charge is 0.468 e. The van der Waals surface area contributed by atoms with E-state index in [-0.39, 0.29) is 5.41 Å². The molecule has 2 nitrogen and oxygen atoms in total. The zero-order valence-electron chi connectivity index (χ0n) is 10.0. The van der Waals surface area contributed by atoms with Crippen LogP contribution >= 0.6 is 0 Å². The summed E-state index contributed by atoms with van der Waals surface area (Å²) >= 11 is 0. The second-order valence-corrected chi connectivity index (χ2v) is 4.53. The van der Waals surface area contributed by atoms with Crippen LogP contribution < -0.4 is 4.74 Å². The van der Waals surface area contributed by atoms with Crippen LogP contribution in [0.1, 0.15) is 33.3 Å². The Morgan fingerprint density at radius 3 is 2.13 bits per heavy atom. The van der Waals surface area contributed by atoms with Gasteiger partial charge in [-0.1, -0.05) is 32.9 Å². The van der Waals surface area contributed by atoms with Crippen molar-refractivity contribution in [3.05, 3.63) is 29.8 Å². The van der Waals surface area contributed by atoms with Crippen LogP contribution in [0.15, 0.2) is 24.3 Å². The van der Waals surface area contributed by atoms with Gasteiger partial charge in [-0.15, -0.1) is 0 Å². The Labute approximate surface area is 92.2 Å². The van der Waals surface area contributed by atoms with Gasteiger partial charge in [-0.3, -0.25) is 0 Å². The molecular weight excluding hydrogens is 188 g/mol. The minimum Gasteiger partial charge on any atom is -0.468 e. The third-order valence-corrected chi connectivity index (χ3v) is 2.23. The highest BCUT2D eigenvalue weighted by Gasteiger charge is 2.12. The molecular formula is C13H20O2. The zero-order valence-corrected chi connectivity index (χ0v) is 10.0. The monoisotopic (exact) mass is 208 g/mol. The van der Waals surface area contributed by atoms with Gasteiger partial charge in [0.2, 0.25) is 0 Å². The second-order valence-electron chi connectivity index (χ2n) is 4.53. The van der Waals surface area contributed by atoms with Gasteiger partial charge in [0.1, 0.15) is 5.75 Å². The van der Waals surface area contributed by atoms with Gasteiger partial charge in [-0.05, 0) is 30.0 Å². The minimum atomic E-state index is 0.193. The third kappa shape index (κ3) is 3.92. The summed E-state index contributed by atoms with van der Waals surface area (Å²) in [4.78, 5) is 0. The Kier molecular flexibility index (Phi) is 4.15. The molecule has 1 aromatic carbocycles. The quantitative estimate of drug-likeness (QED) is 0.558. The first-order valence-corrected chi connectivity index (χ1v) is 5.35. The molecule has 0 heterocycles. The number of ether oxygens (including phenoxy) is 2. The van der Waals surface area contributed by atoms with Gasteiger partial charge in [0.25, 0.3) is 0 Å². The molecule has 1 aromatic rings. The van der Waals surface area contributed by atoms with Crippen LogP contribution in [0.3, 0.4) is 0 Å². The molecule has 0 aliphatic heterocycles. The van der Waals surface area contributed by atoms with E-state index in [1.807, 2.05) is 19.1 Å². The molecule has 2 heteroatoms. The van der Waals surface area contributed by atoms with E-state index >= 15 is 0 Å². The molecule has 0 radical (unpaired) electrons. The minimum absolute atomic E-state index is 0.193. The SMILES string of the molecule is CCOCOc1ccc(C(C)(C)C)cc1. The highest BCUT2D eigenvalue weighted by Crippen LogP contribution is 2.24. The van der Waals surface area contributed by atoms with E-state index in [2.05, 4.69) is 32.9 Å². The zero-order chi connectivity index (χ0) is 11.3. The van der Waals surface area contributed by atoms with Crippen molar-refractivity contribution >= 4 is 0 Å². The van der Waals surface area contributed by atoms with E-state index in [0.29, 0.717) is 13.4 Å². The summed E-state index contributed by atoms with van der Waals surface area (Å²) in [6, 6.07) is 8.17. The van der Waals surface area contributed by atoms with Crippen molar-refractivity contribution in [1.82, 2.24) is 0 Å². The third-order valence-electron chi connectivity index (χ3n) is 2.23. The normalized spacial score (nSPS) is 11.5. The second kappa shape index (κ2) is 5.17. The molecule has 0 unspecified atom stereocenters. The molecule has 0 aliphatic carbocycles. The summed E-state index contributed by atoms with van der Waals surface area (Å²) < 4.78 is 10.5. The first-order chi connectivity index (χ1) is 7.04. The standard InChI is InChI=1S/C13H20O2/c1-5-14-10-15-12-8-6-11(7-9-12)13(2,3)4/h6-9H,5,10H2,1-4H3. The molecule has 0 N–H and O–H groups in total. The van der Waals surface area contributed by atoms with Crippen LogP contribution in [0.2, 0.25) is 0 Å². The average molecular weight is 208 g/mol. The lowest BCUT2D eigenvalue weighted by Crippen LogP contribution is -2.10. The van der Waals surface area contributed by atoms with Crippen LogP contribution in [-0.2, 0) is 10.2 Å². The van der Waals surface area contributed by atoms with Crippen LogP contribution in [-0.4, -0.2) is 13.4 Å². The Bertz CT molecular complexity index is 282. The lowest BCUT2D eigenvalue weighted by Gasteiger charge is -2.19. The molecule has 0 saturated carbocycles. The molecule has 0 atom stereocenters. The van der Waals surface area contributed by atoms with Crippen LogP contribution in [0.4, 0.5) is 0 Å². The fourth-order valence-electron chi connectivity index (χ4n) is 1.24. The van der Waals surface area contributed by atoms with E-state index in [9.17, 15) is 0 Å². The maximum Gasteiger partial charge on any atom is 0.189 e. The Morgan fingerprint density at radius 2 is 1.67 bits per heavy atom. The van der Waals surface area contributed by atoms with Gasteiger partial charge in [-0.2, -0.15) is 0 Å². The summed E-state index contributed by atoms with van der Waals surface area (Å²) in [5.41, 5.74) is 1.50. The molecule has 84 valence electrons. The van der Waals surface area contributed by atoms with E-state index in [4.69, 9.17) is 9.47 Å². The van der Waals surface area contributed by atoms with Gasteiger partial charge >= 0.3 is 0 Å². The maximum atomic E-state index is 5.39. The van der Waals surface area contributed by atoms with Gasteiger partial charge < -0.3 is 9.47 Å². The summed E-state index contributed by atoms with van der Waals surface area (Å²) in [7, 11) is 0. The average Bonchev–Trinajstić information content (AvgIpc) is 2.18. The molecule has 1 rings (SSSR count). The van der Waals surface area contributed by atoms with Crippen LogP contribution in [0.25, 0.3) is 0 Å². The number of hydrogen-bond acceptors (Lipinski definition) is 2. The highest BCUT2D eigenvalue weighted by molar-refractivity contribution is 5.30. The lowest BCUT2D eigenvalue weighted by atomic mass is 9.87. The summed E-state index contributed by atoms with van der Waals surface area (Å²) in [6.45, 7) is 9.55. The fraction of sp³-hybridized carbons (Fsp3) is 0.538. The van der Waals surface area contributed by atoms with E-state index < -0.39 is 0 Å². The summed E-state index contributed by atoms with van der Waals surface area (Å²) in [6.07, 6.45) is 0. The number of rotatable bonds is 4. The summed E-state index contributed by atoms with van der Waals surface area (Å²) in [5.74, 6) is 0.858. The van der Waals surface area contributed by atoms with Crippen molar-refractivity contribution in [1.29, 1.82) is 0 Å². The molecule has 15 heavy (non-hydrogen) atoms. The Balaban J connectivity index is 2.57. The maximum absolute atomic E-state index is 5.39. The highest BCUT2D eigenvalue weighted by atomic mass is 16.7. The number of benzene rings is 1. The molecule has 0 spiro atoms. The van der Waals surface area contributed by atoms with Crippen LogP contribution in [0, 0.1) is 0 Å². The molecule has 0 saturated heterocycles. The van der Waals surface area contributed by atoms with E-state index in [0.717, 1.165) is 5.75 Å². The lowest BCUT2D eigenvalue weighted by molar-refractivity contribution is 0.0224. The predicted octanol–water partition coefficient (Wildman–Crippen LogP) is 3.36. The van der Waals surface area contributed by atoms with E-state index in [1.54, 1.807) is 0 Å². The molecule has 0 bridgehead atoms. The van der Waals surface area contributed by atoms with Crippen molar-refractivity contribution in [2.45, 2.75) is 33.1 Å². The van der Waals surface area contributed by atoms with Gasteiger partial charge in [0.05, 0.1) is 0 Å². The number of hydrogen-bond donors (Lipinski definition) is 0. The predicted molar refractivity (Wildman–Crippen MR) is 62.3 cm³/mol. The smallest absolute Gasteiger partial charge is 0.189 e. The Hall–Kier alpha value is -1.02. The Morgan fingerprint density at radius 1 is 1.07 bits per heavy atom. The van der Waals surface area contributed by atoms with Gasteiger partial charge in [0.15, 0.2) is 6.79 Å². The van der Waals surface area contributed by atoms with Gasteiger partial charge in [-0.25, -0.2) is 0 Å². The first kappa shape index (κ1) is 12.1. The molecule has 0 aromatic heterocycles. The first-order valence-electron chi connectivity index (χ1n) is 5.35. The van der Waals surface area contributed by atoms with Crippen molar-refractivity contribution in [3.8, 4) is 5.75 Å². The van der Waals surface area contributed by atoms with Crippen molar-refractivity contribution < 1.29 is 9.47 Å². The van der Waals surface area contributed by atoms with Gasteiger partial charge in [0, 0.05) is 6.61 Å². The van der Waals surface area contributed by atoms with E-state index in [1.165, 1.54) is 5.56 Å². The topological polar surface area (TPSA) is 18.5 Å². The van der Waals surface area contributed by atoms with Crippen molar-refractivity contribution in [2.24, 2.45) is 0 Å². The van der Waals surface area contributed by atoms with Crippen molar-refractivity contribution in [2.75, 3.05) is 13.4 Å². The van der Waals surface area contributed by atoms with Crippen molar-refractivity contribution in [3.63, 3.8) is 0 Å². The fourth-order valence-corrected chi connectivity index (χ4v) is 1.24. The van der Waals surface area contributed by atoms with Crippen LogP contribution in [0.5, 0.6) is 5.75 Å². The molecule has 0 fully saturated rings.